The third kappa shape index (κ3) is 5.24. The molecule has 0 saturated heterocycles. The Hall–Kier alpha value is -2.58. The van der Waals surface area contributed by atoms with Crippen molar-refractivity contribution in [3.8, 4) is 0 Å². The van der Waals surface area contributed by atoms with Gasteiger partial charge in [0.05, 0.1) is 17.0 Å². The average Bonchev–Trinajstić information content (AvgIpc) is 3.17. The number of rotatable bonds is 7. The van der Waals surface area contributed by atoms with Crippen LogP contribution in [0.4, 0.5) is 5.69 Å². The molecule has 0 saturated carbocycles. The first-order valence-electron chi connectivity index (χ1n) is 8.79. The molecule has 0 aliphatic carbocycles. The van der Waals surface area contributed by atoms with Gasteiger partial charge in [0.1, 0.15) is 5.82 Å². The largest absolute Gasteiger partial charge is 0.481 e. The average molecular weight is 419 g/mol. The van der Waals surface area contributed by atoms with Gasteiger partial charge in [-0.2, -0.15) is 4.99 Å². The number of imidazole rings is 1. The SMILES string of the molecule is CCCCc1nc(Cl)c(C=C2SC(Nc3ccc(CC(=O)O)cc3)=NC2=O)[nH]1. The van der Waals surface area contributed by atoms with E-state index in [2.05, 4.69) is 27.2 Å². The number of nitrogens with zero attached hydrogens (tertiary/aromatic N) is 2. The number of thioether (sulfide) groups is 1. The van der Waals surface area contributed by atoms with Crippen molar-refractivity contribution in [3.05, 3.63) is 51.4 Å². The van der Waals surface area contributed by atoms with Crippen LogP contribution in [0.15, 0.2) is 34.2 Å². The van der Waals surface area contributed by atoms with E-state index in [-0.39, 0.29) is 12.3 Å². The Kier molecular flexibility index (Phi) is 6.53. The maximum atomic E-state index is 12.2. The highest BCUT2D eigenvalue weighted by Crippen LogP contribution is 2.30. The minimum Gasteiger partial charge on any atom is -0.481 e. The van der Waals surface area contributed by atoms with Crippen LogP contribution in [0, 0.1) is 0 Å². The number of hydrogen-bond acceptors (Lipinski definition) is 5. The molecule has 0 radical (unpaired) electrons. The Morgan fingerprint density at radius 1 is 1.36 bits per heavy atom. The summed E-state index contributed by atoms with van der Waals surface area (Å²) in [5.41, 5.74) is 2.01. The maximum absolute atomic E-state index is 12.2. The van der Waals surface area contributed by atoms with Crippen molar-refractivity contribution >= 4 is 52.2 Å². The normalized spacial score (nSPS) is 15.1. The standard InChI is InChI=1S/C19H19ClN4O3S/c1-2-3-4-15-22-13(17(20)23-15)10-14-18(27)24-19(28-14)21-12-7-5-11(6-8-12)9-16(25)26/h5-8,10H,2-4,9H2,1H3,(H,22,23)(H,25,26)(H,21,24,27). The molecule has 0 atom stereocenters. The molecule has 3 N–H and O–H groups in total. The minimum atomic E-state index is -0.882. The highest BCUT2D eigenvalue weighted by Gasteiger charge is 2.23. The fourth-order valence-electron chi connectivity index (χ4n) is 2.57. The quantitative estimate of drug-likeness (QED) is 0.584. The molecule has 1 amide bonds. The van der Waals surface area contributed by atoms with Crippen LogP contribution in [0.2, 0.25) is 5.15 Å². The van der Waals surface area contributed by atoms with E-state index < -0.39 is 5.97 Å². The summed E-state index contributed by atoms with van der Waals surface area (Å²) in [6.45, 7) is 2.10. The van der Waals surface area contributed by atoms with Crippen LogP contribution in [0.25, 0.3) is 6.08 Å². The molecule has 0 unspecified atom stereocenters. The smallest absolute Gasteiger partial charge is 0.307 e. The number of aliphatic carboxylic acids is 1. The van der Waals surface area contributed by atoms with Crippen LogP contribution in [0.1, 0.15) is 36.8 Å². The van der Waals surface area contributed by atoms with E-state index in [1.54, 1.807) is 30.3 Å². The van der Waals surface area contributed by atoms with Gasteiger partial charge in [-0.15, -0.1) is 0 Å². The van der Waals surface area contributed by atoms with Gasteiger partial charge in [-0.25, -0.2) is 4.98 Å². The fourth-order valence-corrected chi connectivity index (χ4v) is 3.59. The number of carboxylic acids is 1. The monoisotopic (exact) mass is 418 g/mol. The molecule has 1 aromatic heterocycles. The number of carboxylic acid groups (broad SMARTS) is 1. The zero-order valence-corrected chi connectivity index (χ0v) is 16.7. The molecule has 0 bridgehead atoms. The molecule has 1 aromatic carbocycles. The number of amidine groups is 1. The molecule has 1 aliphatic heterocycles. The Balaban J connectivity index is 1.66. The molecular formula is C19H19ClN4O3S. The van der Waals surface area contributed by atoms with Gasteiger partial charge in [-0.1, -0.05) is 37.1 Å². The first-order chi connectivity index (χ1) is 13.4. The number of unbranched alkanes of at least 4 members (excludes halogenated alkanes) is 1. The van der Waals surface area contributed by atoms with Crippen molar-refractivity contribution in [2.45, 2.75) is 32.6 Å². The van der Waals surface area contributed by atoms with Gasteiger partial charge in [0, 0.05) is 12.1 Å². The van der Waals surface area contributed by atoms with E-state index in [0.717, 1.165) is 30.8 Å². The number of amides is 1. The molecule has 3 rings (SSSR count). The Labute approximate surface area is 171 Å². The van der Waals surface area contributed by atoms with Crippen molar-refractivity contribution < 1.29 is 14.7 Å². The third-order valence-electron chi connectivity index (χ3n) is 3.96. The van der Waals surface area contributed by atoms with Crippen LogP contribution in [-0.4, -0.2) is 32.1 Å². The summed E-state index contributed by atoms with van der Waals surface area (Å²) >= 11 is 7.37. The molecule has 146 valence electrons. The molecular weight excluding hydrogens is 400 g/mol. The van der Waals surface area contributed by atoms with E-state index in [9.17, 15) is 9.59 Å². The van der Waals surface area contributed by atoms with Gasteiger partial charge >= 0.3 is 5.97 Å². The van der Waals surface area contributed by atoms with Crippen molar-refractivity contribution in [2.75, 3.05) is 5.32 Å². The number of benzene rings is 1. The van der Waals surface area contributed by atoms with Crippen LogP contribution >= 0.6 is 23.4 Å². The molecule has 1 aliphatic rings. The van der Waals surface area contributed by atoms with Crippen LogP contribution < -0.4 is 5.32 Å². The number of aryl methyl sites for hydroxylation is 1. The summed E-state index contributed by atoms with van der Waals surface area (Å²) in [6.07, 6.45) is 4.50. The topological polar surface area (TPSA) is 107 Å². The number of anilines is 1. The number of H-pyrrole nitrogens is 1. The Morgan fingerprint density at radius 3 is 2.79 bits per heavy atom. The van der Waals surface area contributed by atoms with E-state index in [1.165, 1.54) is 11.8 Å². The van der Waals surface area contributed by atoms with E-state index >= 15 is 0 Å². The first-order valence-corrected chi connectivity index (χ1v) is 9.98. The molecule has 9 heteroatoms. The van der Waals surface area contributed by atoms with Gasteiger partial charge in [0.15, 0.2) is 10.3 Å². The Morgan fingerprint density at radius 2 is 2.11 bits per heavy atom. The minimum absolute atomic E-state index is 0.0352. The number of nitrogens with one attached hydrogen (secondary N) is 2. The third-order valence-corrected chi connectivity index (χ3v) is 5.15. The summed E-state index contributed by atoms with van der Waals surface area (Å²) < 4.78 is 0. The lowest BCUT2D eigenvalue weighted by molar-refractivity contribution is -0.136. The number of carbonyl (C=O) groups excluding carboxylic acids is 1. The van der Waals surface area contributed by atoms with Gasteiger partial charge in [0.2, 0.25) is 0 Å². The number of hydrogen-bond donors (Lipinski definition) is 3. The van der Waals surface area contributed by atoms with Gasteiger partial charge < -0.3 is 15.4 Å². The van der Waals surface area contributed by atoms with Crippen molar-refractivity contribution in [1.82, 2.24) is 9.97 Å². The number of aliphatic imine (C=N–C) groups is 1. The second-order valence-corrected chi connectivity index (χ2v) is 7.61. The lowest BCUT2D eigenvalue weighted by atomic mass is 10.1. The van der Waals surface area contributed by atoms with Gasteiger partial charge in [-0.05, 0) is 42.0 Å². The highest BCUT2D eigenvalue weighted by molar-refractivity contribution is 8.18. The van der Waals surface area contributed by atoms with Crippen molar-refractivity contribution in [2.24, 2.45) is 4.99 Å². The molecule has 28 heavy (non-hydrogen) atoms. The summed E-state index contributed by atoms with van der Waals surface area (Å²) in [5, 5.41) is 12.7. The summed E-state index contributed by atoms with van der Waals surface area (Å²) in [6, 6.07) is 6.94. The molecule has 0 spiro atoms. The van der Waals surface area contributed by atoms with Gasteiger partial charge in [0.25, 0.3) is 5.91 Å². The van der Waals surface area contributed by atoms with E-state index in [1.807, 2.05) is 0 Å². The lowest BCUT2D eigenvalue weighted by Gasteiger charge is -2.05. The molecule has 2 heterocycles. The molecule has 7 nitrogen and oxygen atoms in total. The van der Waals surface area contributed by atoms with Crippen LogP contribution in [-0.2, 0) is 22.4 Å². The predicted octanol–water partition coefficient (Wildman–Crippen LogP) is 4.12. The molecule has 2 aromatic rings. The fraction of sp³-hybridized carbons (Fsp3) is 0.263. The number of aromatic nitrogens is 2. The van der Waals surface area contributed by atoms with Crippen LogP contribution in [0.5, 0.6) is 0 Å². The highest BCUT2D eigenvalue weighted by atomic mass is 35.5. The predicted molar refractivity (Wildman–Crippen MR) is 112 cm³/mol. The molecule has 0 fully saturated rings. The second-order valence-electron chi connectivity index (χ2n) is 6.22. The van der Waals surface area contributed by atoms with Crippen molar-refractivity contribution in [3.63, 3.8) is 0 Å². The maximum Gasteiger partial charge on any atom is 0.307 e. The number of aromatic amines is 1. The second kappa shape index (κ2) is 9.07. The van der Waals surface area contributed by atoms with E-state index in [0.29, 0.717) is 26.5 Å². The lowest BCUT2D eigenvalue weighted by Crippen LogP contribution is -2.05. The number of carbonyl (C=O) groups is 2. The first kappa shape index (κ1) is 20.2. The van der Waals surface area contributed by atoms with E-state index in [4.69, 9.17) is 16.7 Å². The van der Waals surface area contributed by atoms with Crippen LogP contribution in [0.3, 0.4) is 0 Å². The zero-order chi connectivity index (χ0) is 20.1. The zero-order valence-electron chi connectivity index (χ0n) is 15.2. The Bertz CT molecular complexity index is 951. The van der Waals surface area contributed by atoms with Crippen molar-refractivity contribution in [1.29, 1.82) is 0 Å². The van der Waals surface area contributed by atoms with Gasteiger partial charge in [-0.3, -0.25) is 9.59 Å². The number of halogens is 1. The summed E-state index contributed by atoms with van der Waals surface area (Å²) in [5.74, 6) is -0.433. The summed E-state index contributed by atoms with van der Waals surface area (Å²) in [4.78, 5) is 34.8. The summed E-state index contributed by atoms with van der Waals surface area (Å²) in [7, 11) is 0.